The predicted octanol–water partition coefficient (Wildman–Crippen LogP) is 1.88. The highest BCUT2D eigenvalue weighted by Gasteiger charge is 2.46. The highest BCUT2D eigenvalue weighted by Crippen LogP contribution is 2.32. The molecule has 0 aliphatic heterocycles. The Labute approximate surface area is 109 Å². The van der Waals surface area contributed by atoms with Gasteiger partial charge in [-0.3, -0.25) is 4.79 Å². The Kier molecular flexibility index (Phi) is 3.20. The van der Waals surface area contributed by atoms with Gasteiger partial charge in [-0.1, -0.05) is 43.7 Å². The number of rotatable bonds is 4. The van der Waals surface area contributed by atoms with E-state index >= 15 is 0 Å². The Morgan fingerprint density at radius 2 is 2.11 bits per heavy atom. The molecule has 0 spiro atoms. The molecule has 98 valence electrons. The Morgan fingerprint density at radius 1 is 1.44 bits per heavy atom. The van der Waals surface area contributed by atoms with Gasteiger partial charge in [0.15, 0.2) is 0 Å². The van der Waals surface area contributed by atoms with E-state index in [1.54, 1.807) is 0 Å². The topological polar surface area (TPSA) is 55.1 Å². The number of hydrogen-bond acceptors (Lipinski definition) is 2. The molecule has 18 heavy (non-hydrogen) atoms. The van der Waals surface area contributed by atoms with Crippen molar-refractivity contribution in [3.05, 3.63) is 35.4 Å². The van der Waals surface area contributed by atoms with Crippen LogP contribution in [0.3, 0.4) is 0 Å². The zero-order chi connectivity index (χ0) is 13.4. The molecule has 3 heteroatoms. The van der Waals surface area contributed by atoms with Crippen molar-refractivity contribution in [1.82, 2.24) is 5.32 Å². The summed E-state index contributed by atoms with van der Waals surface area (Å²) in [5.41, 5.74) is 7.69. The first-order valence-corrected chi connectivity index (χ1v) is 6.48. The lowest BCUT2D eigenvalue weighted by molar-refractivity contribution is -0.123. The van der Waals surface area contributed by atoms with Crippen LogP contribution in [0.4, 0.5) is 0 Å². The van der Waals surface area contributed by atoms with Gasteiger partial charge >= 0.3 is 0 Å². The minimum Gasteiger partial charge on any atom is -0.354 e. The van der Waals surface area contributed by atoms with Crippen molar-refractivity contribution in [2.45, 2.75) is 44.6 Å². The maximum atomic E-state index is 11.8. The lowest BCUT2D eigenvalue weighted by Crippen LogP contribution is -2.46. The summed E-state index contributed by atoms with van der Waals surface area (Å²) in [6.45, 7) is 6.97. The third-order valence-electron chi connectivity index (χ3n) is 3.73. The average molecular weight is 246 g/mol. The Bertz CT molecular complexity index is 461. The SMILES string of the molecule is Cc1cccc(C(C)(C)CNC(=O)C2(N)CC2)c1. The van der Waals surface area contributed by atoms with E-state index in [-0.39, 0.29) is 11.3 Å². The second-order valence-corrected chi connectivity index (χ2v) is 6.09. The van der Waals surface area contributed by atoms with E-state index in [0.717, 1.165) is 12.8 Å². The van der Waals surface area contributed by atoms with Crippen molar-refractivity contribution < 1.29 is 4.79 Å². The average Bonchev–Trinajstić information content (AvgIpc) is 3.06. The molecule has 1 saturated carbocycles. The van der Waals surface area contributed by atoms with Crippen LogP contribution in [0.1, 0.15) is 37.8 Å². The van der Waals surface area contributed by atoms with Gasteiger partial charge in [-0.2, -0.15) is 0 Å². The van der Waals surface area contributed by atoms with Gasteiger partial charge in [0.25, 0.3) is 0 Å². The summed E-state index contributed by atoms with van der Waals surface area (Å²) in [6.07, 6.45) is 1.62. The first-order valence-electron chi connectivity index (χ1n) is 6.48. The fourth-order valence-corrected chi connectivity index (χ4v) is 2.01. The van der Waals surface area contributed by atoms with Gasteiger partial charge in [0.2, 0.25) is 5.91 Å². The molecule has 2 rings (SSSR count). The second kappa shape index (κ2) is 4.39. The molecule has 0 unspecified atom stereocenters. The largest absolute Gasteiger partial charge is 0.354 e. The number of benzene rings is 1. The molecule has 0 radical (unpaired) electrons. The molecular weight excluding hydrogens is 224 g/mol. The molecule has 0 heterocycles. The van der Waals surface area contributed by atoms with E-state index in [0.29, 0.717) is 6.54 Å². The van der Waals surface area contributed by atoms with Crippen LogP contribution in [0.25, 0.3) is 0 Å². The zero-order valence-electron chi connectivity index (χ0n) is 11.4. The summed E-state index contributed by atoms with van der Waals surface area (Å²) in [6, 6.07) is 8.41. The smallest absolute Gasteiger partial charge is 0.240 e. The number of carbonyl (C=O) groups is 1. The molecular formula is C15H22N2O. The van der Waals surface area contributed by atoms with Gasteiger partial charge in [-0.05, 0) is 25.3 Å². The van der Waals surface area contributed by atoms with Crippen molar-refractivity contribution in [1.29, 1.82) is 0 Å². The minimum absolute atomic E-state index is 0.0109. The van der Waals surface area contributed by atoms with Crippen molar-refractivity contribution in [2.75, 3.05) is 6.54 Å². The Balaban J connectivity index is 2.01. The Morgan fingerprint density at radius 3 is 2.67 bits per heavy atom. The molecule has 3 nitrogen and oxygen atoms in total. The van der Waals surface area contributed by atoms with Gasteiger partial charge in [0.05, 0.1) is 5.54 Å². The molecule has 1 aromatic carbocycles. The molecule has 1 fully saturated rings. The summed E-state index contributed by atoms with van der Waals surface area (Å²) >= 11 is 0. The van der Waals surface area contributed by atoms with E-state index in [9.17, 15) is 4.79 Å². The summed E-state index contributed by atoms with van der Waals surface area (Å²) in [5, 5.41) is 2.98. The van der Waals surface area contributed by atoms with Crippen LogP contribution in [0.15, 0.2) is 24.3 Å². The van der Waals surface area contributed by atoms with E-state index in [4.69, 9.17) is 5.73 Å². The zero-order valence-corrected chi connectivity index (χ0v) is 11.4. The van der Waals surface area contributed by atoms with Gasteiger partial charge in [-0.25, -0.2) is 0 Å². The molecule has 1 aliphatic carbocycles. The Hall–Kier alpha value is -1.35. The first-order chi connectivity index (χ1) is 8.33. The van der Waals surface area contributed by atoms with Gasteiger partial charge in [0, 0.05) is 12.0 Å². The highest BCUT2D eigenvalue weighted by molar-refractivity contribution is 5.89. The third-order valence-corrected chi connectivity index (χ3v) is 3.73. The number of nitrogens with two attached hydrogens (primary N) is 1. The van der Waals surface area contributed by atoms with Gasteiger partial charge < -0.3 is 11.1 Å². The van der Waals surface area contributed by atoms with Crippen LogP contribution < -0.4 is 11.1 Å². The standard InChI is InChI=1S/C15H22N2O/c1-11-5-4-6-12(9-11)14(2,3)10-17-13(18)15(16)7-8-15/h4-6,9H,7-8,10,16H2,1-3H3,(H,17,18). The lowest BCUT2D eigenvalue weighted by Gasteiger charge is -2.26. The van der Waals surface area contributed by atoms with E-state index in [2.05, 4.69) is 50.4 Å². The monoisotopic (exact) mass is 246 g/mol. The number of hydrogen-bond donors (Lipinski definition) is 2. The van der Waals surface area contributed by atoms with Crippen LogP contribution in [0.2, 0.25) is 0 Å². The van der Waals surface area contributed by atoms with Crippen LogP contribution in [0.5, 0.6) is 0 Å². The fourth-order valence-electron chi connectivity index (χ4n) is 2.01. The van der Waals surface area contributed by atoms with Crippen molar-refractivity contribution in [2.24, 2.45) is 5.73 Å². The number of carbonyl (C=O) groups excluding carboxylic acids is 1. The lowest BCUT2D eigenvalue weighted by atomic mass is 9.84. The normalized spacial score (nSPS) is 17.3. The molecule has 0 atom stereocenters. The van der Waals surface area contributed by atoms with Crippen LogP contribution >= 0.6 is 0 Å². The minimum atomic E-state index is -0.581. The molecule has 0 bridgehead atoms. The number of nitrogens with one attached hydrogen (secondary N) is 1. The van der Waals surface area contributed by atoms with Crippen LogP contribution in [0, 0.1) is 6.92 Å². The van der Waals surface area contributed by atoms with Crippen molar-refractivity contribution in [3.63, 3.8) is 0 Å². The predicted molar refractivity (Wildman–Crippen MR) is 73.4 cm³/mol. The van der Waals surface area contributed by atoms with Crippen LogP contribution in [-0.4, -0.2) is 18.0 Å². The van der Waals surface area contributed by atoms with Crippen molar-refractivity contribution >= 4 is 5.91 Å². The summed E-state index contributed by atoms with van der Waals surface area (Å²) in [7, 11) is 0. The van der Waals surface area contributed by atoms with Gasteiger partial charge in [-0.15, -0.1) is 0 Å². The maximum absolute atomic E-state index is 11.8. The van der Waals surface area contributed by atoms with E-state index in [1.165, 1.54) is 11.1 Å². The quantitative estimate of drug-likeness (QED) is 0.852. The number of amides is 1. The molecule has 0 saturated heterocycles. The summed E-state index contributed by atoms with van der Waals surface area (Å²) < 4.78 is 0. The fraction of sp³-hybridized carbons (Fsp3) is 0.533. The summed E-state index contributed by atoms with van der Waals surface area (Å²) in [5.74, 6) is -0.0109. The highest BCUT2D eigenvalue weighted by atomic mass is 16.2. The maximum Gasteiger partial charge on any atom is 0.240 e. The second-order valence-electron chi connectivity index (χ2n) is 6.09. The summed E-state index contributed by atoms with van der Waals surface area (Å²) in [4.78, 5) is 11.8. The molecule has 1 amide bonds. The molecule has 0 aromatic heterocycles. The molecule has 3 N–H and O–H groups in total. The number of aryl methyl sites for hydroxylation is 1. The van der Waals surface area contributed by atoms with Crippen LogP contribution in [-0.2, 0) is 10.2 Å². The van der Waals surface area contributed by atoms with E-state index in [1.807, 2.05) is 0 Å². The van der Waals surface area contributed by atoms with Gasteiger partial charge in [0.1, 0.15) is 0 Å². The van der Waals surface area contributed by atoms with E-state index < -0.39 is 5.54 Å². The molecule has 1 aromatic rings. The third kappa shape index (κ3) is 2.72. The van der Waals surface area contributed by atoms with Crippen molar-refractivity contribution in [3.8, 4) is 0 Å². The molecule has 1 aliphatic rings. The first kappa shape index (κ1) is 13.1.